The Balaban J connectivity index is 1.65. The highest BCUT2D eigenvalue weighted by molar-refractivity contribution is 5.86. The molecule has 1 aliphatic rings. The molecule has 214 valence electrons. The third kappa shape index (κ3) is 9.49. The second-order valence-electron chi connectivity index (χ2n) is 10.4. The Bertz CT molecular complexity index is 1130. The van der Waals surface area contributed by atoms with Gasteiger partial charge in [-0.3, -0.25) is 14.4 Å². The van der Waals surface area contributed by atoms with E-state index < -0.39 is 12.0 Å². The van der Waals surface area contributed by atoms with E-state index in [1.807, 2.05) is 60.7 Å². The highest BCUT2D eigenvalue weighted by atomic mass is 16.5. The topological polar surface area (TPSA) is 95.9 Å². The van der Waals surface area contributed by atoms with Crippen LogP contribution in [-0.4, -0.2) is 53.1 Å². The van der Waals surface area contributed by atoms with Crippen molar-refractivity contribution in [2.24, 2.45) is 5.92 Å². The first-order chi connectivity index (χ1) is 19.4. The molecule has 7 heteroatoms. The van der Waals surface area contributed by atoms with Crippen molar-refractivity contribution in [3.63, 3.8) is 0 Å². The molecular weight excluding hydrogens is 504 g/mol. The van der Waals surface area contributed by atoms with Gasteiger partial charge in [-0.05, 0) is 55.2 Å². The van der Waals surface area contributed by atoms with Crippen LogP contribution in [0.4, 0.5) is 0 Å². The molecular formula is C33H42N2O5. The smallest absolute Gasteiger partial charge is 0.305 e. The van der Waals surface area contributed by atoms with Crippen LogP contribution in [0.15, 0.2) is 79.9 Å². The maximum atomic E-state index is 13.5. The van der Waals surface area contributed by atoms with Crippen molar-refractivity contribution in [1.29, 1.82) is 0 Å². The van der Waals surface area contributed by atoms with Crippen molar-refractivity contribution in [1.82, 2.24) is 10.2 Å². The van der Waals surface area contributed by atoms with E-state index in [-0.39, 0.29) is 43.5 Å². The van der Waals surface area contributed by atoms with Gasteiger partial charge in [0.05, 0.1) is 24.6 Å². The molecule has 7 nitrogen and oxygen atoms in total. The van der Waals surface area contributed by atoms with Gasteiger partial charge in [0.15, 0.2) is 0 Å². The summed E-state index contributed by atoms with van der Waals surface area (Å²) in [6.45, 7) is 7.80. The van der Waals surface area contributed by atoms with Gasteiger partial charge in [0.2, 0.25) is 11.8 Å². The molecule has 0 unspecified atom stereocenters. The minimum atomic E-state index is -0.630. The number of nitrogens with one attached hydrogen (secondary N) is 1. The predicted molar refractivity (Wildman–Crippen MR) is 156 cm³/mol. The summed E-state index contributed by atoms with van der Waals surface area (Å²) in [6.07, 6.45) is 7.63. The van der Waals surface area contributed by atoms with Crippen LogP contribution in [0.25, 0.3) is 0 Å². The molecule has 0 saturated carbocycles. The normalized spacial score (nSPS) is 15.8. The van der Waals surface area contributed by atoms with Gasteiger partial charge in [-0.15, -0.1) is 13.2 Å². The van der Waals surface area contributed by atoms with E-state index in [0.717, 1.165) is 36.0 Å². The molecule has 1 heterocycles. The molecule has 0 radical (unpaired) electrons. The van der Waals surface area contributed by atoms with Crippen molar-refractivity contribution in [3.8, 4) is 0 Å². The molecule has 0 fully saturated rings. The van der Waals surface area contributed by atoms with Crippen molar-refractivity contribution in [3.05, 3.63) is 96.6 Å². The van der Waals surface area contributed by atoms with Crippen molar-refractivity contribution < 1.29 is 24.2 Å². The van der Waals surface area contributed by atoms with Crippen LogP contribution >= 0.6 is 0 Å². The summed E-state index contributed by atoms with van der Waals surface area (Å²) in [6, 6.07) is 16.8. The molecule has 3 atom stereocenters. The van der Waals surface area contributed by atoms with Gasteiger partial charge in [0.1, 0.15) is 6.61 Å². The van der Waals surface area contributed by atoms with Crippen LogP contribution < -0.4 is 5.32 Å². The van der Waals surface area contributed by atoms with Crippen molar-refractivity contribution >= 4 is 17.8 Å². The van der Waals surface area contributed by atoms with Crippen molar-refractivity contribution in [2.45, 2.75) is 70.0 Å². The molecule has 2 aromatic carbocycles. The van der Waals surface area contributed by atoms with Gasteiger partial charge in [0, 0.05) is 19.4 Å². The van der Waals surface area contributed by atoms with E-state index in [1.165, 1.54) is 0 Å². The summed E-state index contributed by atoms with van der Waals surface area (Å²) >= 11 is 0. The molecule has 2 amide bonds. The summed E-state index contributed by atoms with van der Waals surface area (Å²) in [5.41, 5.74) is 3.19. The van der Waals surface area contributed by atoms with Gasteiger partial charge < -0.3 is 20.1 Å². The lowest BCUT2D eigenvalue weighted by Gasteiger charge is -2.36. The molecule has 1 aliphatic heterocycles. The Morgan fingerprint density at radius 2 is 1.75 bits per heavy atom. The summed E-state index contributed by atoms with van der Waals surface area (Å²) in [5.74, 6) is -1.39. The van der Waals surface area contributed by atoms with E-state index >= 15 is 0 Å². The zero-order valence-electron chi connectivity index (χ0n) is 23.3. The fourth-order valence-corrected chi connectivity index (χ4v) is 5.05. The summed E-state index contributed by atoms with van der Waals surface area (Å²) in [7, 11) is 0. The Morgan fingerprint density at radius 1 is 1.02 bits per heavy atom. The first-order valence-electron chi connectivity index (χ1n) is 14.1. The zero-order chi connectivity index (χ0) is 28.7. The van der Waals surface area contributed by atoms with E-state index in [2.05, 4.69) is 18.5 Å². The largest absolute Gasteiger partial charge is 0.463 e. The van der Waals surface area contributed by atoms with Gasteiger partial charge >= 0.3 is 5.97 Å². The number of rotatable bonds is 16. The summed E-state index contributed by atoms with van der Waals surface area (Å²) in [4.78, 5) is 40.9. The monoisotopic (exact) mass is 546 g/mol. The lowest BCUT2D eigenvalue weighted by atomic mass is 9.92. The van der Waals surface area contributed by atoms with E-state index in [4.69, 9.17) is 4.74 Å². The number of amides is 2. The number of nitrogens with zero attached hydrogens (tertiary/aromatic N) is 1. The molecule has 2 N–H and O–H groups in total. The molecule has 40 heavy (non-hydrogen) atoms. The molecule has 3 rings (SSSR count). The standard InChI is InChI=1S/C33H42N2O5/c1-3-5-6-10-18-32(38)40-24-29(19-25-14-8-7-9-15-25)34-33(39)27(13-4-2)21-31(37)35-22-28-17-12-11-16-26(28)20-30(35)23-36/h3-4,7-9,11-12,14-17,27,29-30,36H,1-2,5-6,10,13,18-24H2,(H,34,39)/t27-,29-,30+/m1/s1. The number of unbranched alkanes of at least 4 members (excludes halogenated alkanes) is 2. The van der Waals surface area contributed by atoms with E-state index in [9.17, 15) is 19.5 Å². The quantitative estimate of drug-likeness (QED) is 0.183. The number of fused-ring (bicyclic) bond motifs is 1. The molecule has 0 aliphatic carbocycles. The van der Waals surface area contributed by atoms with Crippen molar-refractivity contribution in [2.75, 3.05) is 13.2 Å². The molecule has 0 bridgehead atoms. The number of carbonyl (C=O) groups excluding carboxylic acids is 3. The molecule has 0 aromatic heterocycles. The number of hydrogen-bond acceptors (Lipinski definition) is 5. The van der Waals surface area contributed by atoms with Crippen LogP contribution in [0.5, 0.6) is 0 Å². The maximum Gasteiger partial charge on any atom is 0.305 e. The highest BCUT2D eigenvalue weighted by Gasteiger charge is 2.32. The van der Waals surface area contributed by atoms with Crippen LogP contribution in [0.3, 0.4) is 0 Å². The van der Waals surface area contributed by atoms with Crippen LogP contribution in [0.2, 0.25) is 0 Å². The number of ether oxygens (including phenoxy) is 1. The third-order valence-corrected chi connectivity index (χ3v) is 7.29. The fraction of sp³-hybridized carbons (Fsp3) is 0.424. The third-order valence-electron chi connectivity index (χ3n) is 7.29. The summed E-state index contributed by atoms with van der Waals surface area (Å²) < 4.78 is 5.53. The average Bonchev–Trinajstić information content (AvgIpc) is 2.97. The molecule has 2 aromatic rings. The van der Waals surface area contributed by atoms with Gasteiger partial charge in [-0.1, -0.05) is 66.7 Å². The lowest BCUT2D eigenvalue weighted by Crippen LogP contribution is -2.48. The second-order valence-corrected chi connectivity index (χ2v) is 10.4. The van der Waals surface area contributed by atoms with Gasteiger partial charge in [-0.25, -0.2) is 0 Å². The lowest BCUT2D eigenvalue weighted by molar-refractivity contribution is -0.145. The van der Waals surface area contributed by atoms with Crippen LogP contribution in [0, 0.1) is 5.92 Å². The first-order valence-corrected chi connectivity index (χ1v) is 14.1. The van der Waals surface area contributed by atoms with E-state index in [0.29, 0.717) is 32.2 Å². The number of carbonyl (C=O) groups is 3. The maximum absolute atomic E-state index is 13.5. The van der Waals surface area contributed by atoms with Crippen LogP contribution in [0.1, 0.15) is 55.2 Å². The van der Waals surface area contributed by atoms with Gasteiger partial charge in [-0.2, -0.15) is 0 Å². The molecule has 0 spiro atoms. The SMILES string of the molecule is C=CCCCCC(=O)OC[C@@H](Cc1ccccc1)NC(=O)[C@H](CC=C)CC(=O)N1Cc2ccccc2C[C@H]1CO. The fourth-order valence-electron chi connectivity index (χ4n) is 5.05. The second kappa shape index (κ2) is 16.4. The number of aliphatic hydroxyl groups excluding tert-OH is 1. The molecule has 0 saturated heterocycles. The highest BCUT2D eigenvalue weighted by Crippen LogP contribution is 2.25. The number of allylic oxidation sites excluding steroid dienone is 2. The Kier molecular flexibility index (Phi) is 12.6. The minimum absolute atomic E-state index is 0.00231. The van der Waals surface area contributed by atoms with E-state index in [1.54, 1.807) is 11.0 Å². The Morgan fingerprint density at radius 3 is 2.45 bits per heavy atom. The predicted octanol–water partition coefficient (Wildman–Crippen LogP) is 4.53. The number of benzene rings is 2. The number of hydrogen-bond donors (Lipinski definition) is 2. The minimum Gasteiger partial charge on any atom is -0.463 e. The Labute approximate surface area is 237 Å². The number of aliphatic hydroxyl groups is 1. The first kappa shape index (κ1) is 30.8. The van der Waals surface area contributed by atoms with Gasteiger partial charge in [0.25, 0.3) is 0 Å². The van der Waals surface area contributed by atoms with Crippen LogP contribution in [-0.2, 0) is 38.5 Å². The summed E-state index contributed by atoms with van der Waals surface area (Å²) in [5, 5.41) is 13.0. The number of esters is 1. The zero-order valence-corrected chi connectivity index (χ0v) is 23.3. The Hall–Kier alpha value is -3.71. The average molecular weight is 547 g/mol.